The predicted molar refractivity (Wildman–Crippen MR) is 112 cm³/mol. The third-order valence-electron chi connectivity index (χ3n) is 5.56. The summed E-state index contributed by atoms with van der Waals surface area (Å²) in [6.45, 7) is 0.573. The summed E-state index contributed by atoms with van der Waals surface area (Å²) in [5, 5.41) is 1.36. The van der Waals surface area contributed by atoms with Crippen LogP contribution >= 0.6 is 11.3 Å². The van der Waals surface area contributed by atoms with Crippen LogP contribution in [-0.2, 0) is 21.0 Å². The van der Waals surface area contributed by atoms with Crippen LogP contribution in [0.25, 0.3) is 10.4 Å². The highest BCUT2D eigenvalue weighted by Crippen LogP contribution is 2.49. The maximum absolute atomic E-state index is 13.4. The zero-order chi connectivity index (χ0) is 21.5. The summed E-state index contributed by atoms with van der Waals surface area (Å²) >= 11 is 1.41. The molecule has 158 valence electrons. The van der Waals surface area contributed by atoms with Crippen LogP contribution in [-0.4, -0.2) is 35.6 Å². The van der Waals surface area contributed by atoms with Crippen LogP contribution in [0.5, 0.6) is 0 Å². The third kappa shape index (κ3) is 3.37. The quantitative estimate of drug-likeness (QED) is 0.542. The van der Waals surface area contributed by atoms with Gasteiger partial charge >= 0.3 is 12.0 Å². The lowest BCUT2D eigenvalue weighted by atomic mass is 9.98. The molecule has 2 atom stereocenters. The van der Waals surface area contributed by atoms with Crippen molar-refractivity contribution in [2.75, 3.05) is 13.7 Å². The number of hydrogen-bond acceptors (Lipinski definition) is 5. The van der Waals surface area contributed by atoms with Gasteiger partial charge in [-0.3, -0.25) is 4.84 Å². The summed E-state index contributed by atoms with van der Waals surface area (Å²) in [7, 11) is 1.31. The Morgan fingerprint density at radius 2 is 1.90 bits per heavy atom. The average molecular weight is 438 g/mol. The molecule has 1 fully saturated rings. The number of carbonyl (C=O) groups excluding carboxylic acids is 2. The van der Waals surface area contributed by atoms with E-state index in [1.54, 1.807) is 12.1 Å². The lowest BCUT2D eigenvalue weighted by molar-refractivity contribution is -0.146. The van der Waals surface area contributed by atoms with Gasteiger partial charge in [0.2, 0.25) is 0 Å². The predicted octanol–water partition coefficient (Wildman–Crippen LogP) is 4.69. The molecule has 2 bridgehead atoms. The summed E-state index contributed by atoms with van der Waals surface area (Å²) in [5.74, 6) is -0.806. The van der Waals surface area contributed by atoms with Gasteiger partial charge in [0.25, 0.3) is 0 Å². The fourth-order valence-corrected chi connectivity index (χ4v) is 5.36. The number of esters is 1. The van der Waals surface area contributed by atoms with Gasteiger partial charge < -0.3 is 9.64 Å². The van der Waals surface area contributed by atoms with Crippen LogP contribution in [0.2, 0.25) is 0 Å². The number of nitrogens with zero attached hydrogens (tertiary/aromatic N) is 2. The number of amides is 2. The van der Waals surface area contributed by atoms with E-state index in [1.165, 1.54) is 40.5 Å². The molecule has 0 radical (unpaired) electrons. The van der Waals surface area contributed by atoms with E-state index in [0.717, 1.165) is 26.4 Å². The number of halogens is 1. The minimum Gasteiger partial charge on any atom is -0.467 e. The molecule has 2 unspecified atom stereocenters. The Hall–Kier alpha value is -3.23. The molecule has 0 N–H and O–H groups in total. The van der Waals surface area contributed by atoms with Crippen LogP contribution in [0, 0.1) is 5.82 Å². The molecule has 2 aliphatic rings. The number of carbonyl (C=O) groups is 2. The van der Waals surface area contributed by atoms with Crippen molar-refractivity contribution < 1.29 is 23.6 Å². The fraction of sp³-hybridized carbons (Fsp3) is 0.217. The molecule has 0 saturated carbocycles. The second-order valence-corrected chi connectivity index (χ2v) is 8.48. The van der Waals surface area contributed by atoms with E-state index in [9.17, 15) is 14.0 Å². The molecule has 0 spiro atoms. The Balaban J connectivity index is 1.51. The van der Waals surface area contributed by atoms with Crippen LogP contribution in [0.1, 0.15) is 28.1 Å². The second kappa shape index (κ2) is 7.79. The first-order chi connectivity index (χ1) is 15.1. The lowest BCUT2D eigenvalue weighted by Crippen LogP contribution is -2.38. The SMILES string of the molecule is COC(=O)C1c2sc(-c3ccc(F)cc3)cc2C2CN1C(=O)N2OCc1ccccc1. The van der Waals surface area contributed by atoms with Gasteiger partial charge in [0.1, 0.15) is 18.5 Å². The second-order valence-electron chi connectivity index (χ2n) is 7.40. The number of fused-ring (bicyclic) bond motifs is 4. The number of hydrogen-bond donors (Lipinski definition) is 0. The number of thiophene rings is 1. The Morgan fingerprint density at radius 1 is 1.16 bits per heavy atom. The average Bonchev–Trinajstić information content (AvgIpc) is 3.35. The Labute approximate surface area is 182 Å². The van der Waals surface area contributed by atoms with Crippen LogP contribution in [0.4, 0.5) is 9.18 Å². The maximum Gasteiger partial charge on any atom is 0.345 e. The van der Waals surface area contributed by atoms with E-state index in [0.29, 0.717) is 6.54 Å². The summed E-state index contributed by atoms with van der Waals surface area (Å²) in [6, 6.07) is 16.2. The lowest BCUT2D eigenvalue weighted by Gasteiger charge is -2.28. The van der Waals surface area contributed by atoms with E-state index in [2.05, 4.69) is 0 Å². The van der Waals surface area contributed by atoms with Crippen molar-refractivity contribution in [2.24, 2.45) is 0 Å². The first kappa shape index (κ1) is 19.7. The van der Waals surface area contributed by atoms with Gasteiger partial charge in [-0.15, -0.1) is 11.3 Å². The summed E-state index contributed by atoms with van der Waals surface area (Å²) in [4.78, 5) is 34.7. The van der Waals surface area contributed by atoms with Crippen LogP contribution in [0.15, 0.2) is 60.7 Å². The molecular weight excluding hydrogens is 419 g/mol. The zero-order valence-corrected chi connectivity index (χ0v) is 17.5. The van der Waals surface area contributed by atoms with E-state index >= 15 is 0 Å². The topological polar surface area (TPSA) is 59.1 Å². The fourth-order valence-electron chi connectivity index (χ4n) is 4.04. The summed E-state index contributed by atoms with van der Waals surface area (Å²) in [6.07, 6.45) is 0. The molecule has 5 rings (SSSR count). The molecule has 2 aliphatic heterocycles. The molecular formula is C23H19FN2O4S. The molecule has 1 saturated heterocycles. The van der Waals surface area contributed by atoms with E-state index in [1.807, 2.05) is 36.4 Å². The molecule has 0 aliphatic carbocycles. The van der Waals surface area contributed by atoms with Gasteiger partial charge in [-0.25, -0.2) is 14.0 Å². The van der Waals surface area contributed by atoms with Crippen LogP contribution < -0.4 is 0 Å². The maximum atomic E-state index is 13.4. The molecule has 2 aromatic carbocycles. The number of hydroxylamine groups is 2. The van der Waals surface area contributed by atoms with E-state index in [4.69, 9.17) is 9.57 Å². The van der Waals surface area contributed by atoms with Crippen molar-refractivity contribution in [3.63, 3.8) is 0 Å². The normalized spacial score (nSPS) is 19.5. The van der Waals surface area contributed by atoms with Gasteiger partial charge in [0.05, 0.1) is 13.7 Å². The first-order valence-electron chi connectivity index (χ1n) is 9.81. The van der Waals surface area contributed by atoms with Gasteiger partial charge in [0, 0.05) is 9.75 Å². The highest BCUT2D eigenvalue weighted by atomic mass is 32.1. The smallest absolute Gasteiger partial charge is 0.345 e. The molecule has 3 aromatic rings. The monoisotopic (exact) mass is 438 g/mol. The minimum absolute atomic E-state index is 0.240. The van der Waals surface area contributed by atoms with Crippen molar-refractivity contribution in [2.45, 2.75) is 18.7 Å². The number of benzene rings is 2. The highest BCUT2D eigenvalue weighted by Gasteiger charge is 2.52. The van der Waals surface area contributed by atoms with Gasteiger partial charge in [-0.2, -0.15) is 5.06 Å². The number of ether oxygens (including phenoxy) is 1. The first-order valence-corrected chi connectivity index (χ1v) is 10.6. The summed E-state index contributed by atoms with van der Waals surface area (Å²) in [5.41, 5.74) is 2.64. The van der Waals surface area contributed by atoms with Gasteiger partial charge in [0.15, 0.2) is 6.04 Å². The molecule has 3 heterocycles. The van der Waals surface area contributed by atoms with Crippen molar-refractivity contribution in [1.29, 1.82) is 0 Å². The van der Waals surface area contributed by atoms with E-state index < -0.39 is 12.0 Å². The number of methoxy groups -OCH3 is 1. The highest BCUT2D eigenvalue weighted by molar-refractivity contribution is 7.15. The number of urea groups is 1. The van der Waals surface area contributed by atoms with E-state index in [-0.39, 0.29) is 24.5 Å². The minimum atomic E-state index is -0.826. The third-order valence-corrected chi connectivity index (χ3v) is 6.82. The standard InChI is InChI=1S/C23H19FN2O4S/c1-29-22(27)20-21-17(11-19(31-21)15-7-9-16(24)10-8-15)18-12-25(20)23(28)26(18)30-13-14-5-3-2-4-6-14/h2-11,18,20H,12-13H2,1H3. The molecule has 1 aromatic heterocycles. The molecule has 6 nitrogen and oxygen atoms in total. The van der Waals surface area contributed by atoms with Crippen LogP contribution in [0.3, 0.4) is 0 Å². The Morgan fingerprint density at radius 3 is 2.61 bits per heavy atom. The molecule has 31 heavy (non-hydrogen) atoms. The largest absolute Gasteiger partial charge is 0.467 e. The Bertz CT molecular complexity index is 1130. The van der Waals surface area contributed by atoms with Crippen molar-refractivity contribution >= 4 is 23.3 Å². The molecule has 8 heteroatoms. The molecule has 2 amide bonds. The number of rotatable bonds is 5. The van der Waals surface area contributed by atoms with Crippen molar-refractivity contribution in [3.8, 4) is 10.4 Å². The Kier molecular flexibility index (Phi) is 4.95. The van der Waals surface area contributed by atoms with Gasteiger partial charge in [-0.05, 0) is 34.9 Å². The van der Waals surface area contributed by atoms with Crippen molar-refractivity contribution in [1.82, 2.24) is 9.96 Å². The van der Waals surface area contributed by atoms with Gasteiger partial charge in [-0.1, -0.05) is 42.5 Å². The summed E-state index contributed by atoms with van der Waals surface area (Å²) < 4.78 is 18.4. The van der Waals surface area contributed by atoms with Crippen molar-refractivity contribution in [3.05, 3.63) is 82.5 Å². The zero-order valence-electron chi connectivity index (χ0n) is 16.7.